The molecule has 1 aliphatic heterocycles. The smallest absolute Gasteiger partial charge is 0.386 e. The van der Waals surface area contributed by atoms with Crippen LogP contribution in [-0.2, 0) is 55.5 Å². The molecule has 0 bridgehead atoms. The summed E-state index contributed by atoms with van der Waals surface area (Å²) < 4.78 is 62.1. The van der Waals surface area contributed by atoms with Crippen molar-refractivity contribution >= 4 is 74.9 Å². The van der Waals surface area contributed by atoms with Crippen LogP contribution in [0.1, 0.15) is 45.8 Å². The summed E-state index contributed by atoms with van der Waals surface area (Å²) in [6.45, 7) is 0.296. The molecule has 2 aromatic heterocycles. The molecule has 3 heterocycles. The van der Waals surface area contributed by atoms with Gasteiger partial charge in [-0.3, -0.25) is 37.3 Å². The molecule has 1 fully saturated rings. The molecule has 318 valence electrons. The number of ether oxygens (including phenoxy) is 1. The molecule has 10 N–H and O–H groups in total. The van der Waals surface area contributed by atoms with E-state index in [4.69, 9.17) is 19.5 Å². The lowest BCUT2D eigenvalue weighted by Crippen LogP contribution is -2.46. The maximum atomic E-state index is 12.7. The van der Waals surface area contributed by atoms with Crippen LogP contribution in [0.2, 0.25) is 0 Å². The highest BCUT2D eigenvalue weighted by Crippen LogP contribution is 2.61. The number of nitrogens with one attached hydrogen (secondary N) is 2. The standard InChI is InChI=1S/C28H42N7O18P3S/c1-28(2,22(39)25(40)31-8-7-18(37)30-9-10-57-27(41)15-5-3-4-6-16(15)36)12-50-56(47,48)53-55(45,46)49-11-17-21(52-54(42,43)44)20(38)26(51-17)35-14-34-19-23(29)32-13-33-24(19)35/h5,13-14,17,20-22,26,38-39H,3-4,6-12H2,1-2H3,(H,30,37)(H,31,40)(H,45,46)(H,47,48)(H2,29,32,33)(H2,42,43,44). The number of aliphatic hydroxyl groups excluding tert-OH is 2. The second kappa shape index (κ2) is 19.4. The minimum atomic E-state index is -5.58. The number of imidazole rings is 1. The fraction of sp³-hybridized carbons (Fsp3) is 0.607. The van der Waals surface area contributed by atoms with Crippen LogP contribution in [0.4, 0.5) is 5.82 Å². The summed E-state index contributed by atoms with van der Waals surface area (Å²) in [7, 11) is -16.4. The first-order valence-electron chi connectivity index (χ1n) is 16.8. The lowest BCUT2D eigenvalue weighted by molar-refractivity contribution is -0.137. The number of fused-ring (bicyclic) bond motifs is 1. The van der Waals surface area contributed by atoms with E-state index < -0.39 is 84.6 Å². The van der Waals surface area contributed by atoms with Crippen LogP contribution < -0.4 is 16.4 Å². The van der Waals surface area contributed by atoms with E-state index in [1.165, 1.54) is 13.8 Å². The highest BCUT2D eigenvalue weighted by molar-refractivity contribution is 8.14. The van der Waals surface area contributed by atoms with Crippen LogP contribution in [0.3, 0.4) is 0 Å². The Morgan fingerprint density at radius 2 is 1.79 bits per heavy atom. The Bertz CT molecular complexity index is 2000. The number of carbonyl (C=O) groups is 4. The van der Waals surface area contributed by atoms with Crippen LogP contribution in [0.25, 0.3) is 11.2 Å². The average molecular weight is 890 g/mol. The maximum Gasteiger partial charge on any atom is 0.481 e. The number of aliphatic hydroxyl groups is 2. The van der Waals surface area contributed by atoms with Crippen molar-refractivity contribution in [3.63, 3.8) is 0 Å². The van der Waals surface area contributed by atoms with E-state index in [0.29, 0.717) is 19.3 Å². The Morgan fingerprint density at radius 3 is 2.47 bits per heavy atom. The molecule has 0 radical (unpaired) electrons. The van der Waals surface area contributed by atoms with Crippen LogP contribution in [0.5, 0.6) is 0 Å². The third-order valence-electron chi connectivity index (χ3n) is 8.21. The lowest BCUT2D eigenvalue weighted by atomic mass is 9.87. The molecular formula is C28H42N7O18P3S. The second-order valence-corrected chi connectivity index (χ2v) is 18.4. The molecule has 57 heavy (non-hydrogen) atoms. The van der Waals surface area contributed by atoms with E-state index in [0.717, 1.165) is 29.0 Å². The minimum Gasteiger partial charge on any atom is -0.386 e. The molecule has 2 aliphatic rings. The highest BCUT2D eigenvalue weighted by atomic mass is 32.2. The van der Waals surface area contributed by atoms with Gasteiger partial charge >= 0.3 is 23.5 Å². The molecule has 0 saturated carbocycles. The number of ketones is 1. The summed E-state index contributed by atoms with van der Waals surface area (Å²) in [5, 5.41) is 25.9. The molecule has 0 spiro atoms. The summed E-state index contributed by atoms with van der Waals surface area (Å²) >= 11 is 0.891. The summed E-state index contributed by atoms with van der Waals surface area (Å²) in [6.07, 6.45) is -3.76. The fourth-order valence-corrected chi connectivity index (χ4v) is 8.88. The zero-order chi connectivity index (χ0) is 42.3. The molecule has 2 aromatic rings. The Balaban J connectivity index is 1.23. The van der Waals surface area contributed by atoms with Gasteiger partial charge in [0, 0.05) is 37.1 Å². The van der Waals surface area contributed by atoms with E-state index in [1.807, 2.05) is 0 Å². The van der Waals surface area contributed by atoms with Gasteiger partial charge in [0.15, 0.2) is 23.5 Å². The fourth-order valence-electron chi connectivity index (χ4n) is 5.31. The molecule has 25 nitrogen and oxygen atoms in total. The zero-order valence-corrected chi connectivity index (χ0v) is 33.7. The number of aromatic nitrogens is 4. The van der Waals surface area contributed by atoms with Gasteiger partial charge in [-0.1, -0.05) is 31.7 Å². The number of allylic oxidation sites excluding steroid dienone is 1. The Hall–Kier alpha value is -3.03. The van der Waals surface area contributed by atoms with Crippen LogP contribution in [-0.4, -0.2) is 128 Å². The normalized spacial score (nSPS) is 23.0. The van der Waals surface area contributed by atoms with E-state index in [9.17, 15) is 62.7 Å². The highest BCUT2D eigenvalue weighted by Gasteiger charge is 2.50. The zero-order valence-electron chi connectivity index (χ0n) is 30.2. The van der Waals surface area contributed by atoms with Crippen molar-refractivity contribution in [2.75, 3.05) is 37.8 Å². The molecule has 7 atom stereocenters. The topological polar surface area (TPSA) is 381 Å². The van der Waals surface area contributed by atoms with E-state index >= 15 is 0 Å². The van der Waals surface area contributed by atoms with Crippen molar-refractivity contribution in [2.45, 2.75) is 70.2 Å². The van der Waals surface area contributed by atoms with Crippen molar-refractivity contribution in [3.8, 4) is 0 Å². The molecule has 1 aliphatic carbocycles. The predicted octanol–water partition coefficient (Wildman–Crippen LogP) is -0.656. The molecule has 0 aromatic carbocycles. The molecular weight excluding hydrogens is 847 g/mol. The van der Waals surface area contributed by atoms with Gasteiger partial charge in [-0.15, -0.1) is 0 Å². The van der Waals surface area contributed by atoms with Crippen LogP contribution in [0, 0.1) is 5.41 Å². The second-order valence-electron chi connectivity index (χ2n) is 13.1. The molecule has 1 saturated heterocycles. The van der Waals surface area contributed by atoms with Gasteiger partial charge in [0.2, 0.25) is 16.9 Å². The van der Waals surface area contributed by atoms with Gasteiger partial charge in [0.05, 0.1) is 25.1 Å². The first-order chi connectivity index (χ1) is 26.5. The Kier molecular flexibility index (Phi) is 15.8. The number of Topliss-reactive ketones (excluding diaryl/α,β-unsaturated/α-hetero) is 1. The van der Waals surface area contributed by atoms with Gasteiger partial charge < -0.3 is 50.9 Å². The number of thioether (sulfide) groups is 1. The molecule has 29 heteroatoms. The van der Waals surface area contributed by atoms with E-state index in [2.05, 4.69) is 34.4 Å². The number of hydrogen-bond acceptors (Lipinski definition) is 19. The maximum absolute atomic E-state index is 12.7. The van der Waals surface area contributed by atoms with E-state index in [-0.39, 0.29) is 58.7 Å². The van der Waals surface area contributed by atoms with Crippen molar-refractivity contribution in [1.29, 1.82) is 0 Å². The Labute approximate surface area is 327 Å². The Morgan fingerprint density at radius 1 is 1.09 bits per heavy atom. The van der Waals surface area contributed by atoms with Crippen molar-refractivity contribution in [3.05, 3.63) is 24.3 Å². The number of phosphoric acid groups is 3. The van der Waals surface area contributed by atoms with Crippen molar-refractivity contribution < 1.29 is 85.3 Å². The summed E-state index contributed by atoms with van der Waals surface area (Å²) in [5.74, 6) is -1.54. The number of nitrogens with two attached hydrogens (primary N) is 1. The first-order valence-corrected chi connectivity index (χ1v) is 22.3. The molecule has 2 amide bonds. The lowest BCUT2D eigenvalue weighted by Gasteiger charge is -2.30. The quantitative estimate of drug-likeness (QED) is 0.0453. The summed E-state index contributed by atoms with van der Waals surface area (Å²) in [4.78, 5) is 99.7. The van der Waals surface area contributed by atoms with Gasteiger partial charge in [-0.25, -0.2) is 28.6 Å². The van der Waals surface area contributed by atoms with Crippen molar-refractivity contribution in [1.82, 2.24) is 30.2 Å². The third-order valence-corrected chi connectivity index (χ3v) is 12.2. The van der Waals surface area contributed by atoms with Gasteiger partial charge in [-0.05, 0) is 12.8 Å². The third kappa shape index (κ3) is 13.2. The monoisotopic (exact) mass is 889 g/mol. The van der Waals surface area contributed by atoms with Gasteiger partial charge in [0.1, 0.15) is 36.3 Å². The van der Waals surface area contributed by atoms with Crippen LogP contribution in [0.15, 0.2) is 24.3 Å². The van der Waals surface area contributed by atoms with Crippen molar-refractivity contribution in [2.24, 2.45) is 5.41 Å². The SMILES string of the molecule is CC(C)(COP(=O)(O)OP(=O)(O)OCC1OC(n2cnc3c(N)ncnc32)C(O)C1OP(=O)(O)O)C(O)C(=O)NCCC(=O)NCCSC(=O)C1=CCCCC1=O. The van der Waals surface area contributed by atoms with Gasteiger partial charge in [0.25, 0.3) is 0 Å². The number of anilines is 1. The minimum absolute atomic E-state index is 0.0244. The summed E-state index contributed by atoms with van der Waals surface area (Å²) in [6, 6.07) is 0. The number of carbonyl (C=O) groups excluding carboxylic acids is 4. The molecule has 4 rings (SSSR count). The number of amides is 2. The predicted molar refractivity (Wildman–Crippen MR) is 194 cm³/mol. The summed E-state index contributed by atoms with van der Waals surface area (Å²) in [5.41, 5.74) is 4.38. The van der Waals surface area contributed by atoms with E-state index in [1.54, 1.807) is 6.08 Å². The number of nitrogen functional groups attached to an aromatic ring is 1. The molecule has 7 unspecified atom stereocenters. The number of hydrogen-bond donors (Lipinski definition) is 9. The average Bonchev–Trinajstić information content (AvgIpc) is 3.68. The van der Waals surface area contributed by atoms with Gasteiger partial charge in [-0.2, -0.15) is 4.31 Å². The largest absolute Gasteiger partial charge is 0.481 e. The number of phosphoric ester groups is 3. The van der Waals surface area contributed by atoms with Crippen LogP contribution >= 0.6 is 35.2 Å². The first kappa shape index (κ1) is 46.7. The number of rotatable bonds is 20. The number of nitrogens with zero attached hydrogens (tertiary/aromatic N) is 4.